The molecule has 2 aromatic heterocycles. The van der Waals surface area contributed by atoms with Crippen molar-refractivity contribution in [2.45, 2.75) is 145 Å². The van der Waals surface area contributed by atoms with Gasteiger partial charge >= 0.3 is 0 Å². The predicted molar refractivity (Wildman–Crippen MR) is 238 cm³/mol. The molecule has 0 bridgehead atoms. The van der Waals surface area contributed by atoms with Crippen LogP contribution in [-0.2, 0) is 41.1 Å². The summed E-state index contributed by atoms with van der Waals surface area (Å²) >= 11 is 0. The molecule has 0 aliphatic heterocycles. The molecular weight excluding hydrogens is 879 g/mol. The Labute approximate surface area is 355 Å². The number of hydrogen-bond acceptors (Lipinski definition) is 4. The van der Waals surface area contributed by atoms with Crippen molar-refractivity contribution in [3.05, 3.63) is 101 Å². The average Bonchev–Trinajstić information content (AvgIpc) is 3.54. The molecule has 0 atom stereocenters. The largest absolute Gasteiger partial charge is 0.512 e. The van der Waals surface area contributed by atoms with E-state index in [2.05, 4.69) is 115 Å². The fourth-order valence-electron chi connectivity index (χ4n) is 8.50. The van der Waals surface area contributed by atoms with Gasteiger partial charge < -0.3 is 9.52 Å². The molecule has 1 aliphatic carbocycles. The molecule has 1 N–H and O–H groups in total. The van der Waals surface area contributed by atoms with Crippen LogP contribution in [0.1, 0.15) is 145 Å². The summed E-state index contributed by atoms with van der Waals surface area (Å²) in [6.45, 7) is 28.4. The van der Waals surface area contributed by atoms with Crippen molar-refractivity contribution in [1.82, 2.24) is 4.98 Å². The summed E-state index contributed by atoms with van der Waals surface area (Å²) in [4.78, 5) is 17.1. The van der Waals surface area contributed by atoms with Crippen LogP contribution < -0.4 is 0 Å². The van der Waals surface area contributed by atoms with Gasteiger partial charge in [-0.1, -0.05) is 131 Å². The van der Waals surface area contributed by atoms with Crippen LogP contribution in [0.4, 0.5) is 0 Å². The van der Waals surface area contributed by atoms with Crippen molar-refractivity contribution in [3.63, 3.8) is 0 Å². The molecule has 57 heavy (non-hydrogen) atoms. The van der Waals surface area contributed by atoms with Gasteiger partial charge in [0.1, 0.15) is 16.9 Å². The summed E-state index contributed by atoms with van der Waals surface area (Å²) in [6, 6.07) is 25.8. The van der Waals surface area contributed by atoms with Crippen molar-refractivity contribution in [2.24, 2.45) is 10.8 Å². The number of aliphatic hydroxyl groups excluding tert-OH is 1. The molecule has 1 radical (unpaired) electrons. The molecule has 0 saturated carbocycles. The van der Waals surface area contributed by atoms with Crippen LogP contribution in [0.25, 0.3) is 54.7 Å². The number of hydrogen-bond donors (Lipinski definition) is 1. The number of benzene rings is 4. The number of aromatic nitrogens is 1. The van der Waals surface area contributed by atoms with Crippen LogP contribution in [0.3, 0.4) is 0 Å². The van der Waals surface area contributed by atoms with Gasteiger partial charge in [-0.3, -0.25) is 9.78 Å². The minimum absolute atomic E-state index is 0. The molecule has 0 saturated heterocycles. The van der Waals surface area contributed by atoms with Crippen LogP contribution in [0.2, 0.25) is 0 Å². The molecule has 1 aliphatic rings. The van der Waals surface area contributed by atoms with Gasteiger partial charge in [-0.2, -0.15) is 0 Å². The Morgan fingerprint density at radius 2 is 1.42 bits per heavy atom. The van der Waals surface area contributed by atoms with Gasteiger partial charge in [-0.15, -0.1) is 29.1 Å². The molecule has 0 unspecified atom stereocenters. The summed E-state index contributed by atoms with van der Waals surface area (Å²) in [6.07, 6.45) is 9.02. The predicted octanol–water partition coefficient (Wildman–Crippen LogP) is 15.0. The minimum atomic E-state index is -0.337. The molecule has 5 heteroatoms. The summed E-state index contributed by atoms with van der Waals surface area (Å²) in [5, 5.41) is 17.1. The zero-order chi connectivity index (χ0) is 41.0. The number of carbonyl (C=O) groups is 1. The van der Waals surface area contributed by atoms with E-state index in [-0.39, 0.29) is 58.7 Å². The SMILES string of the molecule is CC(C)(C)c1cc(-c2nccc3cc4oc5c6c(ccc5c4cc23)C(C)(C)CCC6(C)C)[c-]c2ccccc12.CCC(C)(CC)C(=O)/C=C(\O)C(C)(CC)CC.[Ir]. The van der Waals surface area contributed by atoms with Crippen LogP contribution in [0, 0.1) is 16.9 Å². The first-order valence-electron chi connectivity index (χ1n) is 20.9. The third kappa shape index (κ3) is 8.13. The third-order valence-electron chi connectivity index (χ3n) is 13.7. The maximum atomic E-state index is 12.2. The van der Waals surface area contributed by atoms with E-state index < -0.39 is 0 Å². The first-order valence-corrected chi connectivity index (χ1v) is 20.9. The molecule has 7 rings (SSSR count). The number of aliphatic hydroxyl groups is 1. The normalized spacial score (nSPS) is 15.6. The van der Waals surface area contributed by atoms with E-state index in [1.807, 2.05) is 47.7 Å². The Kier molecular flexibility index (Phi) is 12.5. The van der Waals surface area contributed by atoms with Gasteiger partial charge in [0.05, 0.1) is 0 Å². The number of furan rings is 1. The van der Waals surface area contributed by atoms with Gasteiger partial charge in [-0.25, -0.2) is 0 Å². The monoisotopic (exact) mass is 943 g/mol. The number of fused-ring (bicyclic) bond motifs is 7. The minimum Gasteiger partial charge on any atom is -0.512 e. The van der Waals surface area contributed by atoms with E-state index in [1.54, 1.807) is 0 Å². The number of nitrogens with zero attached hydrogens (tertiary/aromatic N) is 1. The average molecular weight is 943 g/mol. The van der Waals surface area contributed by atoms with Crippen molar-refractivity contribution < 1.29 is 34.4 Å². The first kappa shape index (κ1) is 44.3. The van der Waals surface area contributed by atoms with E-state index in [0.717, 1.165) is 76.1 Å². The standard InChI is InChI=1S/C37H36NO.C15H28O2.Ir/c1-35(2,3)30-19-24(18-22-10-8-9-11-25(22)30)33-27-21-28-26-12-13-29-32(37(6,7)16-15-36(29,4)5)34(26)39-31(28)20-23(27)14-17-38-33;1-7-14(5,8-2)12(16)11-13(17)15(6,9-3)10-4;/h8-14,17,19-21H,15-16H2,1-7H3;11,16H,7-10H2,1-6H3;/q-1;;/b;12-11-;. The number of carbonyl (C=O) groups excluding carboxylic acids is 1. The summed E-state index contributed by atoms with van der Waals surface area (Å²) < 4.78 is 6.73. The van der Waals surface area contributed by atoms with Gasteiger partial charge in [-0.05, 0) is 89.3 Å². The molecule has 2 heterocycles. The fourth-order valence-corrected chi connectivity index (χ4v) is 8.50. The zero-order valence-corrected chi connectivity index (χ0v) is 39.1. The van der Waals surface area contributed by atoms with Crippen LogP contribution in [-0.4, -0.2) is 15.9 Å². The van der Waals surface area contributed by atoms with E-state index in [9.17, 15) is 9.90 Å². The second-order valence-corrected chi connectivity index (χ2v) is 19.3. The van der Waals surface area contributed by atoms with Crippen LogP contribution >= 0.6 is 0 Å². The second-order valence-electron chi connectivity index (χ2n) is 19.3. The Bertz CT molecular complexity index is 2470. The summed E-state index contributed by atoms with van der Waals surface area (Å²) in [5.74, 6) is 0.286. The Morgan fingerprint density at radius 1 is 0.789 bits per heavy atom. The second kappa shape index (κ2) is 16.1. The fraction of sp³-hybridized carbons (Fsp3) is 0.462. The van der Waals surface area contributed by atoms with Gasteiger partial charge in [0.15, 0.2) is 5.78 Å². The maximum Gasteiger partial charge on any atom is 0.164 e. The Hall–Kier alpha value is -3.79. The summed E-state index contributed by atoms with van der Waals surface area (Å²) in [5.41, 5.74) is 7.76. The Morgan fingerprint density at radius 3 is 2.05 bits per heavy atom. The molecule has 4 nitrogen and oxygen atoms in total. The third-order valence-corrected chi connectivity index (χ3v) is 13.7. The van der Waals surface area contributed by atoms with Crippen molar-refractivity contribution in [3.8, 4) is 11.3 Å². The van der Waals surface area contributed by atoms with Crippen molar-refractivity contribution in [1.29, 1.82) is 0 Å². The van der Waals surface area contributed by atoms with Crippen molar-refractivity contribution in [2.75, 3.05) is 0 Å². The number of allylic oxidation sites excluding steroid dienone is 2. The number of rotatable bonds is 8. The van der Waals surface area contributed by atoms with E-state index in [0.29, 0.717) is 0 Å². The molecule has 6 aromatic rings. The molecule has 0 fully saturated rings. The van der Waals surface area contributed by atoms with E-state index >= 15 is 0 Å². The quantitative estimate of drug-likeness (QED) is 0.0938. The molecule has 4 aromatic carbocycles. The van der Waals surface area contributed by atoms with Gasteiger partial charge in [0.25, 0.3) is 0 Å². The van der Waals surface area contributed by atoms with E-state index in [1.165, 1.54) is 40.0 Å². The molecule has 0 amide bonds. The Balaban J connectivity index is 0.000000295. The zero-order valence-electron chi connectivity index (χ0n) is 36.7. The smallest absolute Gasteiger partial charge is 0.164 e. The van der Waals surface area contributed by atoms with Crippen molar-refractivity contribution >= 4 is 49.3 Å². The van der Waals surface area contributed by atoms with E-state index in [4.69, 9.17) is 9.40 Å². The molecular formula is C52H64IrNO3-. The van der Waals surface area contributed by atoms with Crippen LogP contribution in [0.5, 0.6) is 0 Å². The summed E-state index contributed by atoms with van der Waals surface area (Å²) in [7, 11) is 0. The van der Waals surface area contributed by atoms with Crippen LogP contribution in [0.15, 0.2) is 83.1 Å². The number of ketones is 1. The van der Waals surface area contributed by atoms with Gasteiger partial charge in [0.2, 0.25) is 0 Å². The molecule has 305 valence electrons. The topological polar surface area (TPSA) is 63.3 Å². The number of pyridine rings is 1. The van der Waals surface area contributed by atoms with Gasteiger partial charge in [0, 0.05) is 65.2 Å². The first-order chi connectivity index (χ1) is 26.2. The maximum absolute atomic E-state index is 12.2. The molecule has 0 spiro atoms.